The first-order chi connectivity index (χ1) is 5.27. The van der Waals surface area contributed by atoms with Crippen LogP contribution < -0.4 is 11.0 Å². The van der Waals surface area contributed by atoms with Crippen LogP contribution in [0.1, 0.15) is 11.4 Å². The number of hydrogen-bond acceptors (Lipinski definition) is 5. The number of fused-ring (bicyclic) bond motifs is 1. The van der Waals surface area contributed by atoms with Crippen LogP contribution in [0.15, 0.2) is 0 Å². The second kappa shape index (κ2) is 2.06. The molecule has 2 rings (SSSR count). The minimum atomic E-state index is 0.646. The quantitative estimate of drug-likeness (QED) is 0.575. The van der Waals surface area contributed by atoms with Gasteiger partial charge in [0.15, 0.2) is 11.6 Å². The third-order valence-electron chi connectivity index (χ3n) is 1.60. The largest absolute Gasteiger partial charge is 0.229 e. The fourth-order valence-electron chi connectivity index (χ4n) is 0.868. The van der Waals surface area contributed by atoms with Gasteiger partial charge < -0.3 is 0 Å². The zero-order valence-corrected chi connectivity index (χ0v) is 6.30. The highest BCUT2D eigenvalue weighted by atomic mass is 16.8. The molecular weight excluding hydrogens is 144 g/mol. The van der Waals surface area contributed by atoms with Crippen molar-refractivity contribution in [3.05, 3.63) is 11.4 Å². The van der Waals surface area contributed by atoms with Crippen LogP contribution in [0, 0.1) is 13.8 Å². The number of anilines is 2. The maximum atomic E-state index is 4.70. The highest BCUT2D eigenvalue weighted by molar-refractivity contribution is 5.60. The van der Waals surface area contributed by atoms with Gasteiger partial charge in [0.25, 0.3) is 0 Å². The van der Waals surface area contributed by atoms with Crippen LogP contribution in [0.5, 0.6) is 0 Å². The van der Waals surface area contributed by atoms with Crippen LogP contribution in [-0.4, -0.2) is 9.97 Å². The maximum Gasteiger partial charge on any atom is 0.197 e. The molecule has 58 valence electrons. The summed E-state index contributed by atoms with van der Waals surface area (Å²) in [4.78, 5) is 13.1. The Morgan fingerprint density at radius 1 is 1.00 bits per heavy atom. The van der Waals surface area contributed by atoms with E-state index in [1.165, 1.54) is 0 Å². The van der Waals surface area contributed by atoms with Crippen LogP contribution in [0.2, 0.25) is 0 Å². The summed E-state index contributed by atoms with van der Waals surface area (Å²) < 4.78 is 0. The highest BCUT2D eigenvalue weighted by Gasteiger charge is 2.14. The standard InChI is InChI=1S/C6H8N4O/c1-3-4(2)8-6-5(7-3)9-11-10-6/h1-2H3,(H,7,9)(H,8,10). The fourth-order valence-corrected chi connectivity index (χ4v) is 0.868. The molecule has 2 heterocycles. The first-order valence-electron chi connectivity index (χ1n) is 3.30. The van der Waals surface area contributed by atoms with Gasteiger partial charge >= 0.3 is 0 Å². The van der Waals surface area contributed by atoms with Gasteiger partial charge in [-0.3, -0.25) is 0 Å². The van der Waals surface area contributed by atoms with Crippen molar-refractivity contribution in [2.75, 3.05) is 11.0 Å². The summed E-state index contributed by atoms with van der Waals surface area (Å²) in [5, 5.41) is 0. The van der Waals surface area contributed by atoms with Crippen LogP contribution in [0.25, 0.3) is 0 Å². The van der Waals surface area contributed by atoms with Crippen LogP contribution >= 0.6 is 0 Å². The summed E-state index contributed by atoms with van der Waals surface area (Å²) in [5.74, 6) is 1.29. The lowest BCUT2D eigenvalue weighted by Crippen LogP contribution is -1.95. The zero-order valence-electron chi connectivity index (χ0n) is 6.30. The second-order valence-electron chi connectivity index (χ2n) is 2.40. The second-order valence-corrected chi connectivity index (χ2v) is 2.40. The number of aryl methyl sites for hydroxylation is 2. The Hall–Kier alpha value is -1.36. The molecule has 0 atom stereocenters. The molecule has 1 aromatic heterocycles. The van der Waals surface area contributed by atoms with Crippen molar-refractivity contribution in [1.82, 2.24) is 9.97 Å². The van der Waals surface area contributed by atoms with Crippen molar-refractivity contribution >= 4 is 11.6 Å². The van der Waals surface area contributed by atoms with E-state index in [0.717, 1.165) is 11.4 Å². The Kier molecular flexibility index (Phi) is 1.19. The smallest absolute Gasteiger partial charge is 0.197 e. The number of nitrogens with zero attached hydrogens (tertiary/aromatic N) is 2. The van der Waals surface area contributed by atoms with Crippen LogP contribution in [-0.2, 0) is 4.94 Å². The summed E-state index contributed by atoms with van der Waals surface area (Å²) in [6.45, 7) is 3.81. The monoisotopic (exact) mass is 152 g/mol. The Morgan fingerprint density at radius 3 is 1.91 bits per heavy atom. The molecule has 1 aliphatic rings. The minimum Gasteiger partial charge on any atom is -0.229 e. The molecule has 0 bridgehead atoms. The van der Waals surface area contributed by atoms with E-state index in [-0.39, 0.29) is 0 Å². The predicted molar refractivity (Wildman–Crippen MR) is 39.8 cm³/mol. The molecule has 0 saturated heterocycles. The molecule has 2 N–H and O–H groups in total. The Labute approximate surface area is 63.7 Å². The molecule has 0 radical (unpaired) electrons. The van der Waals surface area contributed by atoms with Gasteiger partial charge in [-0.2, -0.15) is 4.94 Å². The molecule has 0 unspecified atom stereocenters. The number of hydrogen-bond donors (Lipinski definition) is 2. The molecule has 1 aliphatic heterocycles. The lowest BCUT2D eigenvalue weighted by molar-refractivity contribution is 0.280. The summed E-state index contributed by atoms with van der Waals surface area (Å²) in [6, 6.07) is 0. The van der Waals surface area contributed by atoms with E-state index < -0.39 is 0 Å². The number of rotatable bonds is 0. The minimum absolute atomic E-state index is 0.646. The first kappa shape index (κ1) is 6.36. The van der Waals surface area contributed by atoms with Crippen molar-refractivity contribution in [2.24, 2.45) is 0 Å². The topological polar surface area (TPSA) is 59.1 Å². The van der Waals surface area contributed by atoms with Gasteiger partial charge in [-0.25, -0.2) is 20.9 Å². The van der Waals surface area contributed by atoms with E-state index in [4.69, 9.17) is 4.94 Å². The lowest BCUT2D eigenvalue weighted by Gasteiger charge is -1.98. The van der Waals surface area contributed by atoms with Gasteiger partial charge in [0.1, 0.15) is 0 Å². The van der Waals surface area contributed by atoms with Gasteiger partial charge in [-0.1, -0.05) is 0 Å². The van der Waals surface area contributed by atoms with Crippen LogP contribution in [0.3, 0.4) is 0 Å². The summed E-state index contributed by atoms with van der Waals surface area (Å²) in [7, 11) is 0. The zero-order chi connectivity index (χ0) is 7.84. The van der Waals surface area contributed by atoms with Crippen molar-refractivity contribution in [3.8, 4) is 0 Å². The van der Waals surface area contributed by atoms with E-state index in [1.807, 2.05) is 13.8 Å². The van der Waals surface area contributed by atoms with Gasteiger partial charge in [0.2, 0.25) is 0 Å². The van der Waals surface area contributed by atoms with Crippen molar-refractivity contribution in [1.29, 1.82) is 0 Å². The SMILES string of the molecule is Cc1nc2c(nc1C)NON2. The molecule has 11 heavy (non-hydrogen) atoms. The Morgan fingerprint density at radius 2 is 1.45 bits per heavy atom. The Balaban J connectivity index is 2.57. The van der Waals surface area contributed by atoms with Crippen molar-refractivity contribution < 1.29 is 4.94 Å². The third-order valence-corrected chi connectivity index (χ3v) is 1.60. The number of nitrogens with one attached hydrogen (secondary N) is 2. The van der Waals surface area contributed by atoms with E-state index in [9.17, 15) is 0 Å². The molecule has 0 fully saturated rings. The van der Waals surface area contributed by atoms with Gasteiger partial charge in [0, 0.05) is 0 Å². The van der Waals surface area contributed by atoms with E-state index in [2.05, 4.69) is 20.9 Å². The van der Waals surface area contributed by atoms with Crippen molar-refractivity contribution in [2.45, 2.75) is 13.8 Å². The molecule has 0 saturated carbocycles. The summed E-state index contributed by atoms with van der Waals surface area (Å²) in [5.41, 5.74) is 6.98. The molecule has 5 heteroatoms. The predicted octanol–water partition coefficient (Wildman–Crippen LogP) is 0.777. The molecule has 0 aromatic carbocycles. The summed E-state index contributed by atoms with van der Waals surface area (Å²) >= 11 is 0. The van der Waals surface area contributed by atoms with E-state index in [1.54, 1.807) is 0 Å². The average molecular weight is 152 g/mol. The van der Waals surface area contributed by atoms with Crippen molar-refractivity contribution in [3.63, 3.8) is 0 Å². The molecule has 5 nitrogen and oxygen atoms in total. The first-order valence-corrected chi connectivity index (χ1v) is 3.30. The molecule has 0 spiro atoms. The van der Waals surface area contributed by atoms with Gasteiger partial charge in [-0.15, -0.1) is 0 Å². The molecule has 0 aliphatic carbocycles. The third kappa shape index (κ3) is 0.894. The van der Waals surface area contributed by atoms with Gasteiger partial charge in [-0.05, 0) is 13.8 Å². The fraction of sp³-hybridized carbons (Fsp3) is 0.333. The summed E-state index contributed by atoms with van der Waals surface area (Å²) in [6.07, 6.45) is 0. The van der Waals surface area contributed by atoms with E-state index >= 15 is 0 Å². The van der Waals surface area contributed by atoms with Gasteiger partial charge in [0.05, 0.1) is 11.4 Å². The Bertz CT molecular complexity index is 270. The number of aromatic nitrogens is 2. The maximum absolute atomic E-state index is 4.70. The highest BCUT2D eigenvalue weighted by Crippen LogP contribution is 2.22. The van der Waals surface area contributed by atoms with Crippen LogP contribution in [0.4, 0.5) is 11.6 Å². The molecule has 0 amide bonds. The lowest BCUT2D eigenvalue weighted by atomic mass is 10.3. The van der Waals surface area contributed by atoms with E-state index in [0.29, 0.717) is 11.6 Å². The molecule has 1 aromatic rings. The average Bonchev–Trinajstić information content (AvgIpc) is 2.36. The molecular formula is C6H8N4O. The normalized spacial score (nSPS) is 13.6.